The molecule has 0 aromatic heterocycles. The lowest BCUT2D eigenvalue weighted by atomic mass is 10.3. The standard InChI is InChI=1S/C6H9F5O2/c1-2-3-13-6(11,12)4(7)5(8,9)10/h4,12H,2-3H2,1H3. The monoisotopic (exact) mass is 208 g/mol. The van der Waals surface area contributed by atoms with E-state index in [2.05, 4.69) is 4.74 Å². The van der Waals surface area contributed by atoms with Crippen LogP contribution in [0, 0.1) is 0 Å². The largest absolute Gasteiger partial charge is 0.428 e. The van der Waals surface area contributed by atoms with E-state index in [-0.39, 0.29) is 6.42 Å². The van der Waals surface area contributed by atoms with E-state index in [9.17, 15) is 22.0 Å². The highest BCUT2D eigenvalue weighted by Crippen LogP contribution is 2.32. The minimum absolute atomic E-state index is 0.163. The highest BCUT2D eigenvalue weighted by atomic mass is 19.4. The summed E-state index contributed by atoms with van der Waals surface area (Å²) in [5, 5.41) is 8.27. The molecule has 0 aliphatic rings. The molecule has 0 saturated heterocycles. The van der Waals surface area contributed by atoms with Crippen molar-refractivity contribution in [3.05, 3.63) is 0 Å². The summed E-state index contributed by atoms with van der Waals surface area (Å²) in [7, 11) is 0. The van der Waals surface area contributed by atoms with Crippen molar-refractivity contribution >= 4 is 0 Å². The molecule has 0 saturated carbocycles. The maximum absolute atomic E-state index is 12.4. The average molecular weight is 208 g/mol. The number of hydrogen-bond acceptors (Lipinski definition) is 2. The molecule has 2 unspecified atom stereocenters. The van der Waals surface area contributed by atoms with E-state index in [0.29, 0.717) is 0 Å². The van der Waals surface area contributed by atoms with Crippen molar-refractivity contribution in [1.29, 1.82) is 0 Å². The van der Waals surface area contributed by atoms with Crippen LogP contribution in [-0.4, -0.2) is 30.1 Å². The van der Waals surface area contributed by atoms with Crippen LogP contribution in [0.3, 0.4) is 0 Å². The average Bonchev–Trinajstić information content (AvgIpc) is 1.98. The number of alkyl halides is 5. The summed E-state index contributed by atoms with van der Waals surface area (Å²) < 4.78 is 62.8. The summed E-state index contributed by atoms with van der Waals surface area (Å²) in [5.41, 5.74) is 0. The summed E-state index contributed by atoms with van der Waals surface area (Å²) in [6.07, 6.45) is -9.36. The van der Waals surface area contributed by atoms with E-state index in [4.69, 9.17) is 5.11 Å². The van der Waals surface area contributed by atoms with E-state index < -0.39 is 25.0 Å². The van der Waals surface area contributed by atoms with Gasteiger partial charge in [0.25, 0.3) is 6.17 Å². The van der Waals surface area contributed by atoms with Crippen LogP contribution in [0.15, 0.2) is 0 Å². The molecule has 13 heavy (non-hydrogen) atoms. The van der Waals surface area contributed by atoms with Gasteiger partial charge in [0.15, 0.2) is 0 Å². The van der Waals surface area contributed by atoms with Gasteiger partial charge in [-0.05, 0) is 6.42 Å². The zero-order chi connectivity index (χ0) is 10.7. The number of aliphatic hydroxyl groups is 1. The SMILES string of the molecule is CCCOC(O)(F)C(F)C(F)(F)F. The Kier molecular flexibility index (Phi) is 4.05. The van der Waals surface area contributed by atoms with Gasteiger partial charge in [0, 0.05) is 0 Å². The molecule has 0 aliphatic carbocycles. The Morgan fingerprint density at radius 2 is 1.77 bits per heavy atom. The minimum atomic E-state index is -5.47. The van der Waals surface area contributed by atoms with Crippen molar-refractivity contribution in [3.63, 3.8) is 0 Å². The molecule has 0 rings (SSSR count). The molecule has 0 heterocycles. The predicted molar refractivity (Wildman–Crippen MR) is 33.3 cm³/mol. The molecular weight excluding hydrogens is 199 g/mol. The quantitative estimate of drug-likeness (QED) is 0.565. The van der Waals surface area contributed by atoms with Crippen LogP contribution in [0.1, 0.15) is 13.3 Å². The van der Waals surface area contributed by atoms with Gasteiger partial charge in [-0.3, -0.25) is 0 Å². The molecule has 0 aliphatic heterocycles. The smallest absolute Gasteiger partial charge is 0.337 e. The van der Waals surface area contributed by atoms with Gasteiger partial charge in [-0.2, -0.15) is 17.6 Å². The first-order valence-corrected chi connectivity index (χ1v) is 3.48. The third kappa shape index (κ3) is 3.86. The second kappa shape index (κ2) is 4.19. The minimum Gasteiger partial charge on any atom is -0.337 e. The third-order valence-electron chi connectivity index (χ3n) is 1.11. The maximum atomic E-state index is 12.4. The zero-order valence-corrected chi connectivity index (χ0v) is 6.74. The second-order valence-electron chi connectivity index (χ2n) is 2.36. The predicted octanol–water partition coefficient (Wildman–Crippen LogP) is 1.93. The molecule has 0 amide bonds. The van der Waals surface area contributed by atoms with E-state index in [0.717, 1.165) is 0 Å². The lowest BCUT2D eigenvalue weighted by Crippen LogP contribution is -2.46. The van der Waals surface area contributed by atoms with Gasteiger partial charge in [-0.1, -0.05) is 6.92 Å². The van der Waals surface area contributed by atoms with Crippen LogP contribution in [-0.2, 0) is 4.74 Å². The molecule has 2 nitrogen and oxygen atoms in total. The van der Waals surface area contributed by atoms with Crippen molar-refractivity contribution < 1.29 is 31.8 Å². The summed E-state index contributed by atoms with van der Waals surface area (Å²) in [6, 6.07) is -4.30. The van der Waals surface area contributed by atoms with Crippen LogP contribution < -0.4 is 0 Å². The zero-order valence-electron chi connectivity index (χ0n) is 6.74. The summed E-state index contributed by atoms with van der Waals surface area (Å²) in [5.74, 6) is 0. The van der Waals surface area contributed by atoms with Gasteiger partial charge >= 0.3 is 12.2 Å². The van der Waals surface area contributed by atoms with Gasteiger partial charge in [0.1, 0.15) is 0 Å². The number of hydrogen-bond donors (Lipinski definition) is 1. The van der Waals surface area contributed by atoms with Crippen molar-refractivity contribution in [2.75, 3.05) is 6.61 Å². The van der Waals surface area contributed by atoms with Crippen molar-refractivity contribution in [1.82, 2.24) is 0 Å². The molecule has 1 N–H and O–H groups in total. The van der Waals surface area contributed by atoms with Crippen molar-refractivity contribution in [2.45, 2.75) is 31.7 Å². The number of ether oxygens (including phenoxy) is 1. The van der Waals surface area contributed by atoms with Gasteiger partial charge in [-0.15, -0.1) is 0 Å². The van der Waals surface area contributed by atoms with E-state index in [1.54, 1.807) is 0 Å². The Hall–Kier alpha value is -0.430. The first-order chi connectivity index (χ1) is 5.72. The van der Waals surface area contributed by atoms with Crippen LogP contribution in [0.4, 0.5) is 22.0 Å². The number of rotatable bonds is 4. The van der Waals surface area contributed by atoms with Crippen molar-refractivity contribution in [2.24, 2.45) is 0 Å². The molecule has 0 fully saturated rings. The normalized spacial score (nSPS) is 19.6. The Bertz CT molecular complexity index is 156. The summed E-state index contributed by atoms with van der Waals surface area (Å²) in [4.78, 5) is 0. The van der Waals surface area contributed by atoms with E-state index >= 15 is 0 Å². The van der Waals surface area contributed by atoms with Crippen molar-refractivity contribution in [3.8, 4) is 0 Å². The van der Waals surface area contributed by atoms with Gasteiger partial charge in [0.2, 0.25) is 0 Å². The van der Waals surface area contributed by atoms with Crippen LogP contribution in [0.25, 0.3) is 0 Å². The molecule has 2 atom stereocenters. The van der Waals surface area contributed by atoms with Crippen LogP contribution >= 0.6 is 0 Å². The van der Waals surface area contributed by atoms with Gasteiger partial charge in [-0.25, -0.2) is 4.39 Å². The second-order valence-corrected chi connectivity index (χ2v) is 2.36. The highest BCUT2D eigenvalue weighted by molar-refractivity contribution is 4.74. The molecular formula is C6H9F5O2. The van der Waals surface area contributed by atoms with Gasteiger partial charge < -0.3 is 9.84 Å². The van der Waals surface area contributed by atoms with E-state index in [1.165, 1.54) is 6.92 Å². The fraction of sp³-hybridized carbons (Fsp3) is 1.00. The van der Waals surface area contributed by atoms with Crippen LogP contribution in [0.2, 0.25) is 0 Å². The Balaban J connectivity index is 4.27. The topological polar surface area (TPSA) is 29.5 Å². The fourth-order valence-corrected chi connectivity index (χ4v) is 0.520. The molecule has 0 bridgehead atoms. The lowest BCUT2D eigenvalue weighted by Gasteiger charge is -2.24. The van der Waals surface area contributed by atoms with E-state index in [1.807, 2.05) is 0 Å². The summed E-state index contributed by atoms with van der Waals surface area (Å²) >= 11 is 0. The first-order valence-electron chi connectivity index (χ1n) is 3.48. The maximum Gasteiger partial charge on any atom is 0.428 e. The molecule has 0 spiro atoms. The third-order valence-corrected chi connectivity index (χ3v) is 1.11. The Morgan fingerprint density at radius 1 is 1.31 bits per heavy atom. The first kappa shape index (κ1) is 12.6. The highest BCUT2D eigenvalue weighted by Gasteiger charge is 2.56. The number of halogens is 5. The lowest BCUT2D eigenvalue weighted by molar-refractivity contribution is -0.369. The van der Waals surface area contributed by atoms with Crippen LogP contribution in [0.5, 0.6) is 0 Å². The van der Waals surface area contributed by atoms with Gasteiger partial charge in [0.05, 0.1) is 6.61 Å². The fourth-order valence-electron chi connectivity index (χ4n) is 0.520. The Labute approximate surface area is 71.3 Å². The summed E-state index contributed by atoms with van der Waals surface area (Å²) in [6.45, 7) is 0.973. The molecule has 0 aromatic rings. The Morgan fingerprint density at radius 3 is 2.08 bits per heavy atom. The molecule has 7 heteroatoms. The molecule has 0 radical (unpaired) electrons. The molecule has 80 valence electrons. The molecule has 0 aromatic carbocycles.